The summed E-state index contributed by atoms with van der Waals surface area (Å²) in [5.74, 6) is 5.97. The predicted octanol–water partition coefficient (Wildman–Crippen LogP) is 1.77. The minimum Gasteiger partial charge on any atom is -0.354 e. The third kappa shape index (κ3) is 2.53. The SMILES string of the molecule is CC(C)(C)C1CCN(c2nc(NN)ncc2F)C1. The van der Waals surface area contributed by atoms with Gasteiger partial charge in [0.2, 0.25) is 5.95 Å². The van der Waals surface area contributed by atoms with Crippen molar-refractivity contribution in [1.29, 1.82) is 0 Å². The Hall–Kier alpha value is -1.43. The third-order valence-electron chi connectivity index (χ3n) is 3.57. The Labute approximate surface area is 107 Å². The lowest BCUT2D eigenvalue weighted by Gasteiger charge is -2.27. The Bertz CT molecular complexity index is 429. The highest BCUT2D eigenvalue weighted by Crippen LogP contribution is 2.35. The van der Waals surface area contributed by atoms with Gasteiger partial charge in [-0.2, -0.15) is 4.98 Å². The van der Waals surface area contributed by atoms with E-state index < -0.39 is 5.82 Å². The number of anilines is 2. The molecule has 6 heteroatoms. The average molecular weight is 253 g/mol. The summed E-state index contributed by atoms with van der Waals surface area (Å²) in [5.41, 5.74) is 2.57. The van der Waals surface area contributed by atoms with Gasteiger partial charge in [-0.1, -0.05) is 20.8 Å². The van der Waals surface area contributed by atoms with Crippen LogP contribution in [0.3, 0.4) is 0 Å². The van der Waals surface area contributed by atoms with Crippen LogP contribution in [0.5, 0.6) is 0 Å². The summed E-state index contributed by atoms with van der Waals surface area (Å²) < 4.78 is 13.7. The van der Waals surface area contributed by atoms with E-state index in [1.165, 1.54) is 0 Å². The highest BCUT2D eigenvalue weighted by Gasteiger charge is 2.33. The van der Waals surface area contributed by atoms with Crippen molar-refractivity contribution in [3.8, 4) is 0 Å². The quantitative estimate of drug-likeness (QED) is 0.621. The lowest BCUT2D eigenvalue weighted by atomic mass is 9.80. The van der Waals surface area contributed by atoms with Crippen molar-refractivity contribution in [2.75, 3.05) is 23.4 Å². The molecule has 0 radical (unpaired) electrons. The number of nitrogen functional groups attached to an aromatic ring is 1. The van der Waals surface area contributed by atoms with Crippen LogP contribution in [-0.2, 0) is 0 Å². The Morgan fingerprint density at radius 3 is 2.78 bits per heavy atom. The van der Waals surface area contributed by atoms with Crippen LogP contribution in [0, 0.1) is 17.2 Å². The molecule has 1 aliphatic heterocycles. The second-order valence-corrected chi connectivity index (χ2v) is 5.81. The van der Waals surface area contributed by atoms with E-state index in [0.717, 1.165) is 25.7 Å². The van der Waals surface area contributed by atoms with Gasteiger partial charge >= 0.3 is 0 Å². The topological polar surface area (TPSA) is 67.1 Å². The van der Waals surface area contributed by atoms with E-state index in [4.69, 9.17) is 5.84 Å². The molecule has 1 saturated heterocycles. The first-order valence-electron chi connectivity index (χ1n) is 6.16. The molecule has 1 aliphatic rings. The summed E-state index contributed by atoms with van der Waals surface area (Å²) in [5, 5.41) is 0. The summed E-state index contributed by atoms with van der Waals surface area (Å²) in [6.07, 6.45) is 2.21. The van der Waals surface area contributed by atoms with Crippen molar-refractivity contribution in [3.05, 3.63) is 12.0 Å². The van der Waals surface area contributed by atoms with E-state index in [-0.39, 0.29) is 11.4 Å². The molecular formula is C12H20FN5. The molecule has 0 bridgehead atoms. The molecule has 2 heterocycles. The minimum atomic E-state index is -0.399. The van der Waals surface area contributed by atoms with Crippen molar-refractivity contribution in [2.45, 2.75) is 27.2 Å². The lowest BCUT2D eigenvalue weighted by Crippen LogP contribution is -2.27. The number of nitrogens with zero attached hydrogens (tertiary/aromatic N) is 3. The molecule has 0 amide bonds. The number of halogens is 1. The van der Waals surface area contributed by atoms with Crippen molar-refractivity contribution < 1.29 is 4.39 Å². The van der Waals surface area contributed by atoms with Gasteiger partial charge < -0.3 is 4.90 Å². The van der Waals surface area contributed by atoms with E-state index in [9.17, 15) is 4.39 Å². The smallest absolute Gasteiger partial charge is 0.239 e. The molecule has 1 atom stereocenters. The van der Waals surface area contributed by atoms with Crippen LogP contribution in [0.4, 0.5) is 16.2 Å². The molecular weight excluding hydrogens is 233 g/mol. The Balaban J connectivity index is 2.19. The van der Waals surface area contributed by atoms with Gasteiger partial charge in [0, 0.05) is 13.1 Å². The van der Waals surface area contributed by atoms with E-state index in [2.05, 4.69) is 36.2 Å². The third-order valence-corrected chi connectivity index (χ3v) is 3.57. The Morgan fingerprint density at radius 1 is 1.50 bits per heavy atom. The first-order chi connectivity index (χ1) is 8.41. The molecule has 0 aromatic carbocycles. The maximum atomic E-state index is 13.7. The second kappa shape index (κ2) is 4.68. The maximum absolute atomic E-state index is 13.7. The van der Waals surface area contributed by atoms with Crippen LogP contribution in [0.25, 0.3) is 0 Å². The number of hydrazine groups is 1. The Morgan fingerprint density at radius 2 is 2.22 bits per heavy atom. The summed E-state index contributed by atoms with van der Waals surface area (Å²) in [6.45, 7) is 8.28. The van der Waals surface area contributed by atoms with Crippen LogP contribution in [0.15, 0.2) is 6.20 Å². The van der Waals surface area contributed by atoms with E-state index in [1.807, 2.05) is 4.90 Å². The zero-order chi connectivity index (χ0) is 13.3. The van der Waals surface area contributed by atoms with Gasteiger partial charge in [-0.3, -0.25) is 5.43 Å². The average Bonchev–Trinajstić information content (AvgIpc) is 2.78. The molecule has 1 aromatic rings. The molecule has 1 unspecified atom stereocenters. The highest BCUT2D eigenvalue weighted by molar-refractivity contribution is 5.44. The molecule has 1 aromatic heterocycles. The summed E-state index contributed by atoms with van der Waals surface area (Å²) in [6, 6.07) is 0. The number of nitrogens with two attached hydrogens (primary N) is 1. The fourth-order valence-electron chi connectivity index (χ4n) is 2.31. The number of nitrogens with one attached hydrogen (secondary N) is 1. The molecule has 0 aliphatic carbocycles. The molecule has 18 heavy (non-hydrogen) atoms. The van der Waals surface area contributed by atoms with Crippen LogP contribution in [-0.4, -0.2) is 23.1 Å². The van der Waals surface area contributed by atoms with Crippen molar-refractivity contribution >= 4 is 11.8 Å². The Kier molecular flexibility index (Phi) is 3.38. The van der Waals surface area contributed by atoms with Crippen LogP contribution in [0.1, 0.15) is 27.2 Å². The summed E-state index contributed by atoms with van der Waals surface area (Å²) in [7, 11) is 0. The van der Waals surface area contributed by atoms with Gasteiger partial charge in [0.15, 0.2) is 11.6 Å². The second-order valence-electron chi connectivity index (χ2n) is 5.81. The summed E-state index contributed by atoms with van der Waals surface area (Å²) >= 11 is 0. The maximum Gasteiger partial charge on any atom is 0.239 e. The largest absolute Gasteiger partial charge is 0.354 e. The lowest BCUT2D eigenvalue weighted by molar-refractivity contribution is 0.263. The fourth-order valence-corrected chi connectivity index (χ4v) is 2.31. The molecule has 0 saturated carbocycles. The van der Waals surface area contributed by atoms with Gasteiger partial charge in [-0.05, 0) is 17.8 Å². The monoisotopic (exact) mass is 253 g/mol. The molecule has 0 spiro atoms. The van der Waals surface area contributed by atoms with Gasteiger partial charge in [-0.25, -0.2) is 15.2 Å². The normalized spacial score (nSPS) is 20.3. The first-order valence-corrected chi connectivity index (χ1v) is 6.16. The van der Waals surface area contributed by atoms with Crippen LogP contribution in [0.2, 0.25) is 0 Å². The van der Waals surface area contributed by atoms with E-state index >= 15 is 0 Å². The van der Waals surface area contributed by atoms with Crippen molar-refractivity contribution in [3.63, 3.8) is 0 Å². The molecule has 2 rings (SSSR count). The van der Waals surface area contributed by atoms with Gasteiger partial charge in [0.25, 0.3) is 0 Å². The minimum absolute atomic E-state index is 0.229. The zero-order valence-electron chi connectivity index (χ0n) is 11.1. The van der Waals surface area contributed by atoms with E-state index in [1.54, 1.807) is 0 Å². The van der Waals surface area contributed by atoms with Crippen molar-refractivity contribution in [1.82, 2.24) is 9.97 Å². The molecule has 100 valence electrons. The molecule has 3 N–H and O–H groups in total. The standard InChI is InChI=1S/C12H20FN5/c1-12(2,3)8-4-5-18(7-8)10-9(13)6-15-11(16-10)17-14/h6,8H,4-5,7,14H2,1-3H3,(H,15,16,17). The number of aromatic nitrogens is 2. The first kappa shape index (κ1) is 13.0. The van der Waals surface area contributed by atoms with Crippen LogP contribution >= 0.6 is 0 Å². The van der Waals surface area contributed by atoms with Gasteiger partial charge in [0.1, 0.15) is 0 Å². The molecule has 1 fully saturated rings. The summed E-state index contributed by atoms with van der Waals surface area (Å²) in [4.78, 5) is 9.81. The zero-order valence-corrected chi connectivity index (χ0v) is 11.1. The van der Waals surface area contributed by atoms with E-state index in [0.29, 0.717) is 11.7 Å². The highest BCUT2D eigenvalue weighted by atomic mass is 19.1. The number of rotatable bonds is 2. The number of hydrogen-bond donors (Lipinski definition) is 2. The van der Waals surface area contributed by atoms with Gasteiger partial charge in [0.05, 0.1) is 6.20 Å². The molecule has 5 nitrogen and oxygen atoms in total. The van der Waals surface area contributed by atoms with Crippen LogP contribution < -0.4 is 16.2 Å². The predicted molar refractivity (Wildman–Crippen MR) is 69.6 cm³/mol. The van der Waals surface area contributed by atoms with Gasteiger partial charge in [-0.15, -0.1) is 0 Å². The fraction of sp³-hybridized carbons (Fsp3) is 0.667. The van der Waals surface area contributed by atoms with Crippen molar-refractivity contribution in [2.24, 2.45) is 17.2 Å². The number of hydrogen-bond acceptors (Lipinski definition) is 5.